The van der Waals surface area contributed by atoms with Gasteiger partial charge in [-0.15, -0.1) is 0 Å². The van der Waals surface area contributed by atoms with Crippen LogP contribution in [0.2, 0.25) is 5.02 Å². The van der Waals surface area contributed by atoms with Gasteiger partial charge in [0.25, 0.3) is 0 Å². The molecule has 0 fully saturated rings. The van der Waals surface area contributed by atoms with E-state index in [4.69, 9.17) is 11.6 Å². The number of carbonyl (C=O) groups is 1. The van der Waals surface area contributed by atoms with Crippen molar-refractivity contribution in [2.75, 3.05) is 5.32 Å². The molecule has 1 aliphatic heterocycles. The van der Waals surface area contributed by atoms with Gasteiger partial charge in [-0.25, -0.2) is 4.39 Å². The number of aryl methyl sites for hydroxylation is 1. The normalized spacial score (nSPS) is 13.3. The van der Waals surface area contributed by atoms with Crippen molar-refractivity contribution in [2.45, 2.75) is 13.3 Å². The second kappa shape index (κ2) is 4.35. The Morgan fingerprint density at radius 2 is 2.11 bits per heavy atom. The summed E-state index contributed by atoms with van der Waals surface area (Å²) in [7, 11) is 0. The summed E-state index contributed by atoms with van der Waals surface area (Å²) >= 11 is 6.16. The lowest BCUT2D eigenvalue weighted by Crippen LogP contribution is -2.03. The maximum Gasteiger partial charge on any atom is 0.228 e. The van der Waals surface area contributed by atoms with Crippen LogP contribution in [-0.2, 0) is 11.2 Å². The summed E-state index contributed by atoms with van der Waals surface area (Å²) in [6, 6.07) is 8.46. The molecule has 4 heteroatoms. The Balaban J connectivity index is 2.21. The second-order valence-electron chi connectivity index (χ2n) is 4.65. The first-order chi connectivity index (χ1) is 9.06. The van der Waals surface area contributed by atoms with Crippen LogP contribution in [0.25, 0.3) is 11.1 Å². The quantitative estimate of drug-likeness (QED) is 0.839. The van der Waals surface area contributed by atoms with E-state index >= 15 is 0 Å². The Hall–Kier alpha value is -1.87. The van der Waals surface area contributed by atoms with Crippen LogP contribution in [-0.4, -0.2) is 5.91 Å². The number of hydrogen-bond acceptors (Lipinski definition) is 1. The highest BCUT2D eigenvalue weighted by Gasteiger charge is 2.22. The number of fused-ring (bicyclic) bond motifs is 1. The molecule has 1 N–H and O–H groups in total. The second-order valence-corrected chi connectivity index (χ2v) is 5.06. The number of nitrogens with one attached hydrogen (secondary N) is 1. The Kier molecular flexibility index (Phi) is 2.79. The zero-order valence-electron chi connectivity index (χ0n) is 10.3. The van der Waals surface area contributed by atoms with Gasteiger partial charge in [0.2, 0.25) is 5.91 Å². The zero-order chi connectivity index (χ0) is 13.6. The van der Waals surface area contributed by atoms with E-state index in [1.165, 1.54) is 6.07 Å². The molecule has 19 heavy (non-hydrogen) atoms. The van der Waals surface area contributed by atoms with Crippen LogP contribution in [0.4, 0.5) is 10.1 Å². The van der Waals surface area contributed by atoms with Crippen molar-refractivity contribution in [3.05, 3.63) is 52.3 Å². The smallest absolute Gasteiger partial charge is 0.228 e. The Bertz CT molecular complexity index is 677. The molecule has 1 amide bonds. The van der Waals surface area contributed by atoms with Crippen LogP contribution < -0.4 is 5.32 Å². The molecule has 2 aromatic rings. The molecule has 96 valence electrons. The van der Waals surface area contributed by atoms with E-state index in [9.17, 15) is 9.18 Å². The molecule has 0 bridgehead atoms. The minimum atomic E-state index is -0.284. The third kappa shape index (κ3) is 2.00. The molecular formula is C15H11ClFNO. The fraction of sp³-hybridized carbons (Fsp3) is 0.133. The van der Waals surface area contributed by atoms with Gasteiger partial charge in [0.1, 0.15) is 5.82 Å². The summed E-state index contributed by atoms with van der Waals surface area (Å²) in [5.74, 6) is -0.368. The predicted octanol–water partition coefficient (Wildman–Crippen LogP) is 3.95. The summed E-state index contributed by atoms with van der Waals surface area (Å²) in [5, 5.41) is 3.15. The third-order valence-electron chi connectivity index (χ3n) is 3.30. The Morgan fingerprint density at radius 3 is 2.84 bits per heavy atom. The summed E-state index contributed by atoms with van der Waals surface area (Å²) in [5.41, 5.74) is 3.54. The number of carbonyl (C=O) groups excluding carboxylic acids is 1. The average molecular weight is 276 g/mol. The number of hydrogen-bond donors (Lipinski definition) is 1. The number of rotatable bonds is 1. The van der Waals surface area contributed by atoms with Crippen molar-refractivity contribution in [3.63, 3.8) is 0 Å². The van der Waals surface area contributed by atoms with E-state index in [1.54, 1.807) is 12.1 Å². The van der Waals surface area contributed by atoms with Gasteiger partial charge < -0.3 is 5.32 Å². The summed E-state index contributed by atoms with van der Waals surface area (Å²) in [6.45, 7) is 1.85. The number of anilines is 1. The topological polar surface area (TPSA) is 29.1 Å². The molecular weight excluding hydrogens is 265 g/mol. The van der Waals surface area contributed by atoms with Crippen molar-refractivity contribution in [3.8, 4) is 11.1 Å². The molecule has 0 unspecified atom stereocenters. The van der Waals surface area contributed by atoms with Crippen molar-refractivity contribution < 1.29 is 9.18 Å². The highest BCUT2D eigenvalue weighted by Crippen LogP contribution is 2.37. The van der Waals surface area contributed by atoms with Gasteiger partial charge in [-0.2, -0.15) is 0 Å². The van der Waals surface area contributed by atoms with Crippen molar-refractivity contribution >= 4 is 23.2 Å². The van der Waals surface area contributed by atoms with Gasteiger partial charge in [-0.3, -0.25) is 4.79 Å². The highest BCUT2D eigenvalue weighted by atomic mass is 35.5. The first kappa shape index (κ1) is 12.2. The lowest BCUT2D eigenvalue weighted by Gasteiger charge is -2.10. The number of amides is 1. The molecule has 0 atom stereocenters. The van der Waals surface area contributed by atoms with Crippen LogP contribution in [0.5, 0.6) is 0 Å². The van der Waals surface area contributed by atoms with Gasteiger partial charge in [-0.05, 0) is 41.8 Å². The fourth-order valence-corrected chi connectivity index (χ4v) is 2.73. The zero-order valence-corrected chi connectivity index (χ0v) is 11.0. The monoisotopic (exact) mass is 275 g/mol. The molecule has 1 aliphatic rings. The van der Waals surface area contributed by atoms with E-state index in [1.807, 2.05) is 19.1 Å². The summed E-state index contributed by atoms with van der Waals surface area (Å²) < 4.78 is 14.0. The van der Waals surface area contributed by atoms with Crippen molar-refractivity contribution in [1.29, 1.82) is 0 Å². The van der Waals surface area contributed by atoms with Gasteiger partial charge >= 0.3 is 0 Å². The minimum Gasteiger partial charge on any atom is -0.324 e. The number of benzene rings is 2. The molecule has 0 radical (unpaired) electrons. The molecule has 0 aromatic heterocycles. The third-order valence-corrected chi connectivity index (χ3v) is 3.60. The van der Waals surface area contributed by atoms with Gasteiger partial charge in [-0.1, -0.05) is 23.7 Å². The van der Waals surface area contributed by atoms with Crippen LogP contribution in [0.3, 0.4) is 0 Å². The van der Waals surface area contributed by atoms with E-state index in [0.717, 1.165) is 11.1 Å². The average Bonchev–Trinajstić information content (AvgIpc) is 2.70. The molecule has 0 saturated carbocycles. The van der Waals surface area contributed by atoms with Crippen molar-refractivity contribution in [1.82, 2.24) is 0 Å². The molecule has 2 aromatic carbocycles. The minimum absolute atomic E-state index is 0.0840. The standard InChI is InChI=1S/C15H11ClFNO/c1-8-3-2-4-12(17)14(8)9-5-10-7-13(19)18-15(10)11(16)6-9/h2-6H,7H2,1H3,(H,18,19). The summed E-state index contributed by atoms with van der Waals surface area (Å²) in [6.07, 6.45) is 0.288. The van der Waals surface area contributed by atoms with E-state index in [0.29, 0.717) is 21.8 Å². The lowest BCUT2D eigenvalue weighted by molar-refractivity contribution is -0.115. The first-order valence-electron chi connectivity index (χ1n) is 5.94. The fourth-order valence-electron chi connectivity index (χ4n) is 2.44. The predicted molar refractivity (Wildman–Crippen MR) is 73.9 cm³/mol. The van der Waals surface area contributed by atoms with Crippen LogP contribution in [0.15, 0.2) is 30.3 Å². The first-order valence-corrected chi connectivity index (χ1v) is 6.32. The summed E-state index contributed by atoms with van der Waals surface area (Å²) in [4.78, 5) is 11.4. The maximum absolute atomic E-state index is 14.0. The molecule has 2 nitrogen and oxygen atoms in total. The van der Waals surface area contributed by atoms with E-state index in [2.05, 4.69) is 5.32 Å². The van der Waals surface area contributed by atoms with Crippen LogP contribution >= 0.6 is 11.6 Å². The van der Waals surface area contributed by atoms with Gasteiger partial charge in [0.15, 0.2) is 0 Å². The largest absolute Gasteiger partial charge is 0.324 e. The number of halogens is 2. The van der Waals surface area contributed by atoms with E-state index < -0.39 is 0 Å². The van der Waals surface area contributed by atoms with Gasteiger partial charge in [0, 0.05) is 5.56 Å². The van der Waals surface area contributed by atoms with Gasteiger partial charge in [0.05, 0.1) is 17.1 Å². The lowest BCUT2D eigenvalue weighted by atomic mass is 9.97. The van der Waals surface area contributed by atoms with E-state index in [-0.39, 0.29) is 18.1 Å². The molecule has 0 spiro atoms. The molecule has 3 rings (SSSR count). The maximum atomic E-state index is 14.0. The van der Waals surface area contributed by atoms with Crippen LogP contribution in [0.1, 0.15) is 11.1 Å². The molecule has 1 heterocycles. The Labute approximate surface area is 115 Å². The van der Waals surface area contributed by atoms with Crippen molar-refractivity contribution in [2.24, 2.45) is 0 Å². The SMILES string of the molecule is Cc1cccc(F)c1-c1cc(Cl)c2c(c1)CC(=O)N2. The molecule has 0 aliphatic carbocycles. The Morgan fingerprint density at radius 1 is 1.32 bits per heavy atom. The molecule has 0 saturated heterocycles. The highest BCUT2D eigenvalue weighted by molar-refractivity contribution is 6.34. The van der Waals surface area contributed by atoms with Crippen LogP contribution in [0, 0.1) is 12.7 Å².